The summed E-state index contributed by atoms with van der Waals surface area (Å²) in [5.41, 5.74) is 3.47. The van der Waals surface area contributed by atoms with Crippen LogP contribution in [-0.2, 0) is 0 Å². The third-order valence-corrected chi connectivity index (χ3v) is 3.34. The summed E-state index contributed by atoms with van der Waals surface area (Å²) in [6, 6.07) is 9.66. The minimum absolute atomic E-state index is 0.0418. The molecule has 0 aliphatic rings. The van der Waals surface area contributed by atoms with Crippen LogP contribution in [0.25, 0.3) is 0 Å². The molecule has 1 aromatic heterocycles. The number of benzene rings is 1. The van der Waals surface area contributed by atoms with Gasteiger partial charge in [0.25, 0.3) is 5.91 Å². The molecule has 0 spiro atoms. The molecule has 0 aliphatic carbocycles. The highest BCUT2D eigenvalue weighted by molar-refractivity contribution is 6.09. The van der Waals surface area contributed by atoms with Crippen molar-refractivity contribution in [3.63, 3.8) is 0 Å². The Labute approximate surface area is 125 Å². The van der Waals surface area contributed by atoms with Gasteiger partial charge in [0.2, 0.25) is 0 Å². The van der Waals surface area contributed by atoms with Gasteiger partial charge in [0.1, 0.15) is 0 Å². The molecular formula is C17H21N3O. The quantitative estimate of drug-likeness (QED) is 0.913. The van der Waals surface area contributed by atoms with E-state index in [0.717, 1.165) is 24.3 Å². The molecule has 0 radical (unpaired) electrons. The fraction of sp³-hybridized carbons (Fsp3) is 0.294. The van der Waals surface area contributed by atoms with Gasteiger partial charge in [0, 0.05) is 25.5 Å². The lowest BCUT2D eigenvalue weighted by atomic mass is 10.1. The molecular weight excluding hydrogens is 262 g/mol. The third kappa shape index (κ3) is 3.60. The van der Waals surface area contributed by atoms with E-state index in [1.54, 1.807) is 30.4 Å². The average Bonchev–Trinajstić information content (AvgIpc) is 2.52. The Morgan fingerprint density at radius 1 is 1.24 bits per heavy atom. The second-order valence-electron chi connectivity index (χ2n) is 5.05. The van der Waals surface area contributed by atoms with Crippen molar-refractivity contribution in [2.24, 2.45) is 0 Å². The van der Waals surface area contributed by atoms with Crippen molar-refractivity contribution in [2.45, 2.75) is 20.3 Å². The predicted molar refractivity (Wildman–Crippen MR) is 86.9 cm³/mol. The number of nitrogens with one attached hydrogen (secondary N) is 1. The summed E-state index contributed by atoms with van der Waals surface area (Å²) < 4.78 is 0. The number of carbonyl (C=O) groups is 1. The Balaban J connectivity index is 2.24. The van der Waals surface area contributed by atoms with Crippen molar-refractivity contribution in [1.29, 1.82) is 0 Å². The van der Waals surface area contributed by atoms with Crippen molar-refractivity contribution >= 4 is 17.3 Å². The zero-order chi connectivity index (χ0) is 15.2. The molecule has 0 unspecified atom stereocenters. The van der Waals surface area contributed by atoms with E-state index >= 15 is 0 Å². The molecule has 110 valence electrons. The number of hydrogen-bond acceptors (Lipinski definition) is 3. The maximum absolute atomic E-state index is 12.7. The van der Waals surface area contributed by atoms with Crippen molar-refractivity contribution < 1.29 is 4.79 Å². The molecule has 2 aromatic rings. The lowest BCUT2D eigenvalue weighted by molar-refractivity contribution is 0.0993. The molecule has 1 aromatic carbocycles. The number of anilines is 2. The predicted octanol–water partition coefficient (Wildman–Crippen LogP) is 3.49. The normalized spacial score (nSPS) is 10.2. The molecule has 21 heavy (non-hydrogen) atoms. The van der Waals surface area contributed by atoms with Crippen LogP contribution in [0.5, 0.6) is 0 Å². The average molecular weight is 283 g/mol. The Morgan fingerprint density at radius 3 is 2.62 bits per heavy atom. The summed E-state index contributed by atoms with van der Waals surface area (Å²) in [5, 5.41) is 3.25. The number of aromatic nitrogens is 1. The lowest BCUT2D eigenvalue weighted by Gasteiger charge is -2.19. The molecule has 2 rings (SSSR count). The lowest BCUT2D eigenvalue weighted by Crippen LogP contribution is -2.27. The summed E-state index contributed by atoms with van der Waals surface area (Å²) in [6.45, 7) is 4.94. The number of aryl methyl sites for hydroxylation is 1. The van der Waals surface area contributed by atoms with E-state index in [9.17, 15) is 4.79 Å². The molecule has 4 nitrogen and oxygen atoms in total. The summed E-state index contributed by atoms with van der Waals surface area (Å²) in [4.78, 5) is 18.4. The van der Waals surface area contributed by atoms with Gasteiger partial charge in [-0.05, 0) is 31.5 Å². The fourth-order valence-electron chi connectivity index (χ4n) is 2.05. The Kier molecular flexibility index (Phi) is 4.93. The first-order valence-corrected chi connectivity index (χ1v) is 7.16. The summed E-state index contributed by atoms with van der Waals surface area (Å²) in [7, 11) is 1.79. The molecule has 4 heteroatoms. The van der Waals surface area contributed by atoms with Crippen LogP contribution in [0.15, 0.2) is 42.7 Å². The first kappa shape index (κ1) is 15.0. The van der Waals surface area contributed by atoms with E-state index in [4.69, 9.17) is 0 Å². The van der Waals surface area contributed by atoms with Crippen molar-refractivity contribution in [1.82, 2.24) is 4.98 Å². The smallest absolute Gasteiger partial charge is 0.260 e. The van der Waals surface area contributed by atoms with Gasteiger partial charge in [-0.2, -0.15) is 0 Å². The maximum atomic E-state index is 12.7. The molecule has 0 bridgehead atoms. The Hall–Kier alpha value is -2.36. The molecule has 0 saturated carbocycles. The van der Waals surface area contributed by atoms with Crippen molar-refractivity contribution in [3.8, 4) is 0 Å². The van der Waals surface area contributed by atoms with Gasteiger partial charge in [-0.15, -0.1) is 0 Å². The van der Waals surface area contributed by atoms with E-state index in [0.29, 0.717) is 5.56 Å². The van der Waals surface area contributed by atoms with Gasteiger partial charge in [0.05, 0.1) is 17.4 Å². The van der Waals surface area contributed by atoms with Crippen LogP contribution >= 0.6 is 0 Å². The summed E-state index contributed by atoms with van der Waals surface area (Å²) in [6.07, 6.45) is 4.34. The monoisotopic (exact) mass is 283 g/mol. The summed E-state index contributed by atoms with van der Waals surface area (Å²) >= 11 is 0. The van der Waals surface area contributed by atoms with Crippen LogP contribution < -0.4 is 10.2 Å². The van der Waals surface area contributed by atoms with E-state index < -0.39 is 0 Å². The van der Waals surface area contributed by atoms with Gasteiger partial charge in [-0.1, -0.05) is 24.6 Å². The molecule has 0 atom stereocenters. The molecule has 1 amide bonds. The zero-order valence-corrected chi connectivity index (χ0v) is 12.8. The number of rotatable bonds is 5. The van der Waals surface area contributed by atoms with E-state index in [1.807, 2.05) is 31.2 Å². The van der Waals surface area contributed by atoms with Crippen molar-refractivity contribution in [3.05, 3.63) is 53.9 Å². The van der Waals surface area contributed by atoms with Gasteiger partial charge in [-0.25, -0.2) is 0 Å². The minimum atomic E-state index is -0.0418. The number of hydrogen-bond donors (Lipinski definition) is 1. The number of amides is 1. The topological polar surface area (TPSA) is 45.2 Å². The van der Waals surface area contributed by atoms with Crippen LogP contribution in [0.1, 0.15) is 29.3 Å². The van der Waals surface area contributed by atoms with Gasteiger partial charge in [0.15, 0.2) is 0 Å². The molecule has 0 aliphatic heterocycles. The Morgan fingerprint density at radius 2 is 1.95 bits per heavy atom. The van der Waals surface area contributed by atoms with Crippen LogP contribution in [0, 0.1) is 6.92 Å². The number of carbonyl (C=O) groups excluding carboxylic acids is 1. The highest BCUT2D eigenvalue weighted by Gasteiger charge is 2.16. The summed E-state index contributed by atoms with van der Waals surface area (Å²) in [5.74, 6) is -0.0418. The minimum Gasteiger partial charge on any atom is -0.383 e. The fourth-order valence-corrected chi connectivity index (χ4v) is 2.05. The molecule has 1 heterocycles. The highest BCUT2D eigenvalue weighted by Crippen LogP contribution is 2.20. The van der Waals surface area contributed by atoms with Crippen LogP contribution in [0.3, 0.4) is 0 Å². The number of nitrogens with zero attached hydrogens (tertiary/aromatic N) is 2. The van der Waals surface area contributed by atoms with Gasteiger partial charge < -0.3 is 10.2 Å². The standard InChI is InChI=1S/C17H21N3O/c1-4-10-19-16-12-18-11-9-15(16)17(21)20(3)14-7-5-13(2)6-8-14/h5-9,11-12,19H,4,10H2,1-3H3. The van der Waals surface area contributed by atoms with Gasteiger partial charge in [-0.3, -0.25) is 9.78 Å². The first-order chi connectivity index (χ1) is 10.1. The third-order valence-electron chi connectivity index (χ3n) is 3.34. The van der Waals surface area contributed by atoms with Crippen LogP contribution in [0.4, 0.5) is 11.4 Å². The molecule has 0 saturated heterocycles. The Bertz CT molecular complexity index is 608. The van der Waals surface area contributed by atoms with Crippen LogP contribution in [-0.4, -0.2) is 24.5 Å². The maximum Gasteiger partial charge on any atom is 0.260 e. The zero-order valence-electron chi connectivity index (χ0n) is 12.8. The van der Waals surface area contributed by atoms with E-state index in [-0.39, 0.29) is 5.91 Å². The molecule has 1 N–H and O–H groups in total. The second-order valence-corrected chi connectivity index (χ2v) is 5.05. The second kappa shape index (κ2) is 6.88. The van der Waals surface area contributed by atoms with E-state index in [2.05, 4.69) is 17.2 Å². The highest BCUT2D eigenvalue weighted by atomic mass is 16.2. The first-order valence-electron chi connectivity index (χ1n) is 7.16. The van der Waals surface area contributed by atoms with Crippen molar-refractivity contribution in [2.75, 3.05) is 23.8 Å². The SMILES string of the molecule is CCCNc1cnccc1C(=O)N(C)c1ccc(C)cc1. The van der Waals surface area contributed by atoms with E-state index in [1.165, 1.54) is 5.56 Å². The largest absolute Gasteiger partial charge is 0.383 e. The molecule has 0 fully saturated rings. The van der Waals surface area contributed by atoms with Crippen LogP contribution in [0.2, 0.25) is 0 Å². The number of pyridine rings is 1. The van der Waals surface area contributed by atoms with Gasteiger partial charge >= 0.3 is 0 Å².